The summed E-state index contributed by atoms with van der Waals surface area (Å²) in [5.41, 5.74) is 1.99. The van der Waals surface area contributed by atoms with Crippen LogP contribution in [0.3, 0.4) is 0 Å². The van der Waals surface area contributed by atoms with Crippen LogP contribution in [0, 0.1) is 0 Å². The second-order valence-electron chi connectivity index (χ2n) is 11.5. The van der Waals surface area contributed by atoms with Crippen molar-refractivity contribution in [3.05, 3.63) is 48.0 Å². The number of quaternary nitrogens is 1. The van der Waals surface area contributed by atoms with E-state index in [0.717, 1.165) is 17.3 Å². The van der Waals surface area contributed by atoms with E-state index in [1.54, 1.807) is 0 Å². The number of amides is 1. The molecule has 0 saturated carbocycles. The number of rotatable bonds is 21. The highest BCUT2D eigenvalue weighted by Crippen LogP contribution is 2.35. The number of hydrogen-bond acceptors (Lipinski definition) is 1. The van der Waals surface area contributed by atoms with E-state index in [1.165, 1.54) is 95.5 Å². The second kappa shape index (κ2) is 18.6. The zero-order valence-corrected chi connectivity index (χ0v) is 24.9. The standard InChI is InChI=1S/C33H59N2O/c1-8-10-11-12-13-14-15-16-17-18-19-20-21-25-28-31(30-26-23-22-24-27-30)35(6,7)32(9-2)34(5)33(36)29(3)4/h22-24,26-27,31-32H,3,8-21,25,28H2,1-2,4-7H3/q+1. The Kier molecular flexibility index (Phi) is 16.8. The van der Waals surface area contributed by atoms with E-state index in [0.29, 0.717) is 11.6 Å². The highest BCUT2D eigenvalue weighted by atomic mass is 16.2. The molecule has 0 saturated heterocycles. The van der Waals surface area contributed by atoms with Gasteiger partial charge in [-0.15, -0.1) is 0 Å². The van der Waals surface area contributed by atoms with Gasteiger partial charge in [-0.2, -0.15) is 0 Å². The van der Waals surface area contributed by atoms with Crippen LogP contribution >= 0.6 is 0 Å². The molecule has 3 heteroatoms. The molecule has 0 spiro atoms. The van der Waals surface area contributed by atoms with Crippen LogP contribution in [-0.2, 0) is 4.79 Å². The molecule has 2 atom stereocenters. The third-order valence-corrected chi connectivity index (χ3v) is 8.08. The van der Waals surface area contributed by atoms with E-state index in [4.69, 9.17) is 0 Å². The lowest BCUT2D eigenvalue weighted by molar-refractivity contribution is -0.954. The smallest absolute Gasteiger partial charge is 0.253 e. The molecular weight excluding hydrogens is 440 g/mol. The number of hydrogen-bond donors (Lipinski definition) is 0. The van der Waals surface area contributed by atoms with Crippen molar-refractivity contribution in [1.82, 2.24) is 4.90 Å². The van der Waals surface area contributed by atoms with Gasteiger partial charge in [0.15, 0.2) is 6.17 Å². The fraction of sp³-hybridized carbons (Fsp3) is 0.727. The molecule has 0 radical (unpaired) electrons. The van der Waals surface area contributed by atoms with Crippen molar-refractivity contribution in [2.45, 2.75) is 136 Å². The van der Waals surface area contributed by atoms with Crippen LogP contribution < -0.4 is 0 Å². The third kappa shape index (κ3) is 11.6. The summed E-state index contributed by atoms with van der Waals surface area (Å²) in [5, 5.41) is 0. The van der Waals surface area contributed by atoms with E-state index in [1.807, 2.05) is 18.9 Å². The van der Waals surface area contributed by atoms with Gasteiger partial charge in [0.1, 0.15) is 6.04 Å². The highest BCUT2D eigenvalue weighted by Gasteiger charge is 2.39. The maximum absolute atomic E-state index is 12.8. The number of carbonyl (C=O) groups excluding carboxylic acids is 1. The normalized spacial score (nSPS) is 13.4. The van der Waals surface area contributed by atoms with Crippen molar-refractivity contribution in [2.24, 2.45) is 0 Å². The van der Waals surface area contributed by atoms with Crippen LogP contribution in [-0.4, -0.2) is 42.6 Å². The Morgan fingerprint density at radius 1 is 0.806 bits per heavy atom. The molecule has 36 heavy (non-hydrogen) atoms. The Balaban J connectivity index is 2.50. The fourth-order valence-corrected chi connectivity index (χ4v) is 5.93. The lowest BCUT2D eigenvalue weighted by atomic mass is 9.95. The van der Waals surface area contributed by atoms with Crippen LogP contribution in [0.15, 0.2) is 42.5 Å². The maximum Gasteiger partial charge on any atom is 0.253 e. The Hall–Kier alpha value is -1.61. The van der Waals surface area contributed by atoms with Crippen LogP contribution in [0.25, 0.3) is 0 Å². The fourth-order valence-electron chi connectivity index (χ4n) is 5.93. The van der Waals surface area contributed by atoms with Gasteiger partial charge in [-0.05, 0) is 13.3 Å². The van der Waals surface area contributed by atoms with Crippen LogP contribution in [0.2, 0.25) is 0 Å². The molecule has 0 aromatic heterocycles. The summed E-state index contributed by atoms with van der Waals surface area (Å²) >= 11 is 0. The van der Waals surface area contributed by atoms with Gasteiger partial charge in [0.05, 0.1) is 14.1 Å². The predicted octanol–water partition coefficient (Wildman–Crippen LogP) is 9.45. The first-order chi connectivity index (χ1) is 17.3. The van der Waals surface area contributed by atoms with Crippen molar-refractivity contribution >= 4 is 5.91 Å². The molecule has 1 amide bonds. The minimum absolute atomic E-state index is 0.0522. The van der Waals surface area contributed by atoms with E-state index >= 15 is 0 Å². The molecule has 0 bridgehead atoms. The first-order valence-electron chi connectivity index (χ1n) is 15.1. The molecule has 206 valence electrons. The monoisotopic (exact) mass is 499 g/mol. The Bertz CT molecular complexity index is 712. The summed E-state index contributed by atoms with van der Waals surface area (Å²) in [6, 6.07) is 11.3. The van der Waals surface area contributed by atoms with Crippen molar-refractivity contribution in [2.75, 3.05) is 21.1 Å². The van der Waals surface area contributed by atoms with Crippen molar-refractivity contribution in [1.29, 1.82) is 0 Å². The SMILES string of the molecule is C=C(C)C(=O)N(C)C(CC)[N+](C)(C)C(CCCCCCCCCCCCCCCC)c1ccccc1. The molecule has 3 nitrogen and oxygen atoms in total. The number of benzene rings is 1. The molecule has 1 aromatic carbocycles. The van der Waals surface area contributed by atoms with Crippen LogP contribution in [0.1, 0.15) is 135 Å². The van der Waals surface area contributed by atoms with E-state index in [-0.39, 0.29) is 12.1 Å². The van der Waals surface area contributed by atoms with Gasteiger partial charge >= 0.3 is 0 Å². The lowest BCUT2D eigenvalue weighted by Gasteiger charge is -2.47. The molecule has 1 rings (SSSR count). The predicted molar refractivity (Wildman–Crippen MR) is 158 cm³/mol. The number of likely N-dealkylation sites (N-methyl/N-ethyl adjacent to an activating group) is 1. The zero-order chi connectivity index (χ0) is 26.8. The molecule has 0 heterocycles. The highest BCUT2D eigenvalue weighted by molar-refractivity contribution is 5.92. The van der Waals surface area contributed by atoms with Crippen LogP contribution in [0.4, 0.5) is 0 Å². The van der Waals surface area contributed by atoms with Gasteiger partial charge in [-0.1, -0.05) is 134 Å². The number of carbonyl (C=O) groups is 1. The van der Waals surface area contributed by atoms with Crippen LogP contribution in [0.5, 0.6) is 0 Å². The molecule has 0 N–H and O–H groups in total. The summed E-state index contributed by atoms with van der Waals surface area (Å²) in [6.45, 7) is 10.2. The molecule has 1 aromatic rings. The van der Waals surface area contributed by atoms with E-state index < -0.39 is 0 Å². The zero-order valence-electron chi connectivity index (χ0n) is 24.9. The van der Waals surface area contributed by atoms with E-state index in [9.17, 15) is 4.79 Å². The summed E-state index contributed by atoms with van der Waals surface area (Å²) in [5.74, 6) is 0.0522. The van der Waals surface area contributed by atoms with E-state index in [2.05, 4.69) is 64.9 Å². The third-order valence-electron chi connectivity index (χ3n) is 8.08. The average molecular weight is 500 g/mol. The maximum atomic E-state index is 12.8. The summed E-state index contributed by atoms with van der Waals surface area (Å²) < 4.78 is 0.786. The van der Waals surface area contributed by atoms with Crippen molar-refractivity contribution in [3.8, 4) is 0 Å². The van der Waals surface area contributed by atoms with Gasteiger partial charge < -0.3 is 4.48 Å². The van der Waals surface area contributed by atoms with Crippen molar-refractivity contribution < 1.29 is 9.28 Å². The summed E-state index contributed by atoms with van der Waals surface area (Å²) in [7, 11) is 6.55. The first-order valence-corrected chi connectivity index (χ1v) is 15.1. The topological polar surface area (TPSA) is 20.3 Å². The van der Waals surface area contributed by atoms with Gasteiger partial charge in [0, 0.05) is 31.0 Å². The molecule has 0 fully saturated rings. The Morgan fingerprint density at radius 2 is 1.25 bits per heavy atom. The van der Waals surface area contributed by atoms with Gasteiger partial charge in [0.25, 0.3) is 5.91 Å². The number of unbranched alkanes of at least 4 members (excludes halogenated alkanes) is 13. The van der Waals surface area contributed by atoms with Crippen molar-refractivity contribution in [3.63, 3.8) is 0 Å². The largest absolute Gasteiger partial charge is 0.303 e. The summed E-state index contributed by atoms with van der Waals surface area (Å²) in [6.07, 6.45) is 21.6. The molecule has 2 unspecified atom stereocenters. The second-order valence-corrected chi connectivity index (χ2v) is 11.5. The lowest BCUT2D eigenvalue weighted by Crippen LogP contribution is -2.59. The van der Waals surface area contributed by atoms with Gasteiger partial charge in [-0.25, -0.2) is 0 Å². The molecule has 0 aliphatic carbocycles. The van der Waals surface area contributed by atoms with Gasteiger partial charge in [0.2, 0.25) is 0 Å². The summed E-state index contributed by atoms with van der Waals surface area (Å²) in [4.78, 5) is 14.7. The minimum Gasteiger partial charge on any atom is -0.303 e. The average Bonchev–Trinajstić information content (AvgIpc) is 2.86. The Labute approximate surface area is 224 Å². The molecular formula is C33H59N2O+. The Morgan fingerprint density at radius 3 is 1.67 bits per heavy atom. The molecule has 0 aliphatic heterocycles. The van der Waals surface area contributed by atoms with Gasteiger partial charge in [-0.3, -0.25) is 9.69 Å². The number of nitrogens with zero attached hydrogens (tertiary/aromatic N) is 2. The minimum atomic E-state index is 0.0522. The first kappa shape index (κ1) is 32.4. The quantitative estimate of drug-likeness (QED) is 0.0713. The molecule has 0 aliphatic rings.